The Balaban J connectivity index is 1.67. The summed E-state index contributed by atoms with van der Waals surface area (Å²) in [6, 6.07) is 10.1. The Labute approximate surface area is 136 Å². The van der Waals surface area contributed by atoms with Crippen molar-refractivity contribution in [1.82, 2.24) is 9.88 Å². The summed E-state index contributed by atoms with van der Waals surface area (Å²) >= 11 is 3.22. The van der Waals surface area contributed by atoms with E-state index in [4.69, 9.17) is 0 Å². The van der Waals surface area contributed by atoms with Gasteiger partial charge in [-0.15, -0.1) is 0 Å². The van der Waals surface area contributed by atoms with Crippen LogP contribution in [0.3, 0.4) is 0 Å². The van der Waals surface area contributed by atoms with Gasteiger partial charge in [-0.2, -0.15) is 0 Å². The lowest BCUT2D eigenvalue weighted by atomic mass is 10.1. The number of aromatic nitrogens is 1. The van der Waals surface area contributed by atoms with Crippen LogP contribution in [0.4, 0.5) is 10.2 Å². The van der Waals surface area contributed by atoms with Crippen LogP contribution in [0.5, 0.6) is 0 Å². The fraction of sp³-hybridized carbons (Fsp3) is 0.250. The van der Waals surface area contributed by atoms with Crippen molar-refractivity contribution in [3.8, 4) is 0 Å². The molecule has 1 aliphatic rings. The molecule has 0 unspecified atom stereocenters. The highest BCUT2D eigenvalue weighted by molar-refractivity contribution is 9.10. The van der Waals surface area contributed by atoms with Crippen molar-refractivity contribution in [2.45, 2.75) is 0 Å². The number of anilines is 1. The standard InChI is InChI=1S/C16H15BrFN3O/c17-13-9-12(10-14(18)11-13)16(22)21-7-5-20(6-8-21)15-3-1-2-4-19-15/h1-4,9-11H,5-8H2. The fourth-order valence-electron chi connectivity index (χ4n) is 2.54. The van der Waals surface area contributed by atoms with E-state index in [0.717, 1.165) is 18.9 Å². The largest absolute Gasteiger partial charge is 0.353 e. The van der Waals surface area contributed by atoms with Crippen molar-refractivity contribution in [1.29, 1.82) is 0 Å². The van der Waals surface area contributed by atoms with Gasteiger partial charge in [0.2, 0.25) is 0 Å². The molecule has 1 saturated heterocycles. The van der Waals surface area contributed by atoms with Gasteiger partial charge in [-0.3, -0.25) is 4.79 Å². The van der Waals surface area contributed by atoms with E-state index in [-0.39, 0.29) is 5.91 Å². The number of amides is 1. The molecule has 6 heteroatoms. The van der Waals surface area contributed by atoms with Crippen molar-refractivity contribution in [2.75, 3.05) is 31.1 Å². The Bertz CT molecular complexity index is 652. The quantitative estimate of drug-likeness (QED) is 0.822. The number of carbonyl (C=O) groups is 1. The molecule has 0 aliphatic carbocycles. The smallest absolute Gasteiger partial charge is 0.254 e. The van der Waals surface area contributed by atoms with Gasteiger partial charge >= 0.3 is 0 Å². The van der Waals surface area contributed by atoms with E-state index in [1.807, 2.05) is 18.2 Å². The first-order valence-corrected chi connectivity index (χ1v) is 7.84. The Morgan fingerprint density at radius 1 is 1.14 bits per heavy atom. The summed E-state index contributed by atoms with van der Waals surface area (Å²) in [5.41, 5.74) is 0.373. The van der Waals surface area contributed by atoms with E-state index in [1.165, 1.54) is 12.1 Å². The zero-order valence-electron chi connectivity index (χ0n) is 11.9. The van der Waals surface area contributed by atoms with Gasteiger partial charge in [-0.25, -0.2) is 9.37 Å². The number of pyridine rings is 1. The van der Waals surface area contributed by atoms with Crippen LogP contribution >= 0.6 is 15.9 Å². The molecule has 1 aliphatic heterocycles. The molecule has 0 saturated carbocycles. The molecule has 2 heterocycles. The van der Waals surface area contributed by atoms with Gasteiger partial charge in [0.1, 0.15) is 11.6 Å². The first-order chi connectivity index (χ1) is 10.6. The summed E-state index contributed by atoms with van der Waals surface area (Å²) in [5, 5.41) is 0. The number of carbonyl (C=O) groups excluding carboxylic acids is 1. The van der Waals surface area contributed by atoms with Gasteiger partial charge in [0, 0.05) is 42.4 Å². The number of hydrogen-bond donors (Lipinski definition) is 0. The number of nitrogens with zero attached hydrogens (tertiary/aromatic N) is 3. The number of piperazine rings is 1. The molecule has 22 heavy (non-hydrogen) atoms. The molecule has 3 rings (SSSR count). The molecule has 114 valence electrons. The summed E-state index contributed by atoms with van der Waals surface area (Å²) in [6.45, 7) is 2.64. The summed E-state index contributed by atoms with van der Waals surface area (Å²) in [4.78, 5) is 20.7. The van der Waals surface area contributed by atoms with Crippen LogP contribution in [0.2, 0.25) is 0 Å². The summed E-state index contributed by atoms with van der Waals surface area (Å²) in [7, 11) is 0. The molecule has 0 bridgehead atoms. The Kier molecular flexibility index (Phi) is 4.38. The molecule has 1 fully saturated rings. The monoisotopic (exact) mass is 363 g/mol. The van der Waals surface area contributed by atoms with Crippen LogP contribution in [0.1, 0.15) is 10.4 Å². The zero-order chi connectivity index (χ0) is 15.5. The topological polar surface area (TPSA) is 36.4 Å². The molecule has 0 atom stereocenters. The van der Waals surface area contributed by atoms with Crippen molar-refractivity contribution in [3.05, 3.63) is 58.4 Å². The van der Waals surface area contributed by atoms with Crippen molar-refractivity contribution in [3.63, 3.8) is 0 Å². The van der Waals surface area contributed by atoms with E-state index < -0.39 is 5.82 Å². The van der Waals surface area contributed by atoms with Crippen LogP contribution in [0, 0.1) is 5.82 Å². The number of rotatable bonds is 2. The van der Waals surface area contributed by atoms with E-state index in [1.54, 1.807) is 17.2 Å². The second-order valence-corrected chi connectivity index (χ2v) is 6.04. The lowest BCUT2D eigenvalue weighted by Gasteiger charge is -2.35. The molecular weight excluding hydrogens is 349 g/mol. The van der Waals surface area contributed by atoms with E-state index in [0.29, 0.717) is 23.1 Å². The zero-order valence-corrected chi connectivity index (χ0v) is 13.5. The van der Waals surface area contributed by atoms with Crippen LogP contribution in [-0.2, 0) is 0 Å². The maximum absolute atomic E-state index is 13.4. The Hall–Kier alpha value is -1.95. The van der Waals surface area contributed by atoms with Crippen LogP contribution in [-0.4, -0.2) is 42.0 Å². The van der Waals surface area contributed by atoms with Gasteiger partial charge in [-0.1, -0.05) is 22.0 Å². The minimum absolute atomic E-state index is 0.138. The Morgan fingerprint density at radius 3 is 2.55 bits per heavy atom. The first kappa shape index (κ1) is 15.0. The number of hydrogen-bond acceptors (Lipinski definition) is 3. The molecule has 1 aromatic carbocycles. The fourth-order valence-corrected chi connectivity index (χ4v) is 3.00. The summed E-state index contributed by atoms with van der Waals surface area (Å²) < 4.78 is 14.0. The number of halogens is 2. The highest BCUT2D eigenvalue weighted by Crippen LogP contribution is 2.18. The molecule has 4 nitrogen and oxygen atoms in total. The van der Waals surface area contributed by atoms with Crippen LogP contribution in [0.15, 0.2) is 47.1 Å². The lowest BCUT2D eigenvalue weighted by molar-refractivity contribution is 0.0746. The van der Waals surface area contributed by atoms with Crippen molar-refractivity contribution in [2.24, 2.45) is 0 Å². The minimum Gasteiger partial charge on any atom is -0.353 e. The second kappa shape index (κ2) is 6.44. The minimum atomic E-state index is -0.412. The van der Waals surface area contributed by atoms with Gasteiger partial charge in [0.05, 0.1) is 0 Å². The molecule has 0 spiro atoms. The van der Waals surface area contributed by atoms with Gasteiger partial charge in [0.25, 0.3) is 5.91 Å². The second-order valence-electron chi connectivity index (χ2n) is 5.13. The van der Waals surface area contributed by atoms with Gasteiger partial charge in [-0.05, 0) is 30.3 Å². The third-order valence-electron chi connectivity index (χ3n) is 3.65. The average Bonchev–Trinajstić information content (AvgIpc) is 2.54. The SMILES string of the molecule is O=C(c1cc(F)cc(Br)c1)N1CCN(c2ccccn2)CC1. The van der Waals surface area contributed by atoms with Crippen molar-refractivity contribution < 1.29 is 9.18 Å². The molecule has 2 aromatic rings. The third kappa shape index (κ3) is 3.27. The third-order valence-corrected chi connectivity index (χ3v) is 4.11. The highest BCUT2D eigenvalue weighted by atomic mass is 79.9. The first-order valence-electron chi connectivity index (χ1n) is 7.05. The maximum atomic E-state index is 13.4. The molecular formula is C16H15BrFN3O. The molecule has 1 aromatic heterocycles. The van der Waals surface area contributed by atoms with Gasteiger partial charge in [0.15, 0.2) is 0 Å². The van der Waals surface area contributed by atoms with E-state index in [2.05, 4.69) is 25.8 Å². The van der Waals surface area contributed by atoms with Gasteiger partial charge < -0.3 is 9.80 Å². The van der Waals surface area contributed by atoms with E-state index in [9.17, 15) is 9.18 Å². The maximum Gasteiger partial charge on any atom is 0.254 e. The molecule has 0 N–H and O–H groups in total. The highest BCUT2D eigenvalue weighted by Gasteiger charge is 2.23. The normalized spacial score (nSPS) is 15.0. The van der Waals surface area contributed by atoms with E-state index >= 15 is 0 Å². The summed E-state index contributed by atoms with van der Waals surface area (Å²) in [5.74, 6) is 0.369. The average molecular weight is 364 g/mol. The predicted octanol–water partition coefficient (Wildman–Crippen LogP) is 2.95. The van der Waals surface area contributed by atoms with Crippen molar-refractivity contribution >= 4 is 27.7 Å². The lowest BCUT2D eigenvalue weighted by Crippen LogP contribution is -2.49. The Morgan fingerprint density at radius 2 is 1.91 bits per heavy atom. The molecule has 0 radical (unpaired) electrons. The van der Waals surface area contributed by atoms with Crippen LogP contribution in [0.25, 0.3) is 0 Å². The summed E-state index contributed by atoms with van der Waals surface area (Å²) in [6.07, 6.45) is 1.76. The molecule has 1 amide bonds. The predicted molar refractivity (Wildman–Crippen MR) is 86.5 cm³/mol. The number of benzene rings is 1. The van der Waals surface area contributed by atoms with Crippen LogP contribution < -0.4 is 4.90 Å².